The Bertz CT molecular complexity index is 1800. The van der Waals surface area contributed by atoms with Gasteiger partial charge in [-0.05, 0) is 42.3 Å². The molecule has 202 valence electrons. The van der Waals surface area contributed by atoms with Crippen LogP contribution in [0.4, 0.5) is 29.2 Å². The van der Waals surface area contributed by atoms with Gasteiger partial charge in [0.05, 0.1) is 11.3 Å². The Kier molecular flexibility index (Phi) is 5.77. The highest BCUT2D eigenvalue weighted by Gasteiger charge is 2.47. The number of carbonyl (C=O) groups is 1. The number of halogens is 5. The molecule has 0 fully saturated rings. The Morgan fingerprint density at radius 3 is 2.38 bits per heavy atom. The van der Waals surface area contributed by atoms with Crippen LogP contribution in [0.3, 0.4) is 0 Å². The zero-order chi connectivity index (χ0) is 28.4. The number of imidazole rings is 1. The van der Waals surface area contributed by atoms with Crippen molar-refractivity contribution < 1.29 is 22.4 Å². The van der Waals surface area contributed by atoms with Crippen LogP contribution in [0.5, 0.6) is 0 Å². The fraction of sp³-hybridized carbons (Fsp3) is 0.148. The third-order valence-corrected chi connectivity index (χ3v) is 7.11. The van der Waals surface area contributed by atoms with Crippen LogP contribution >= 0.6 is 11.6 Å². The Balaban J connectivity index is 1.49. The summed E-state index contributed by atoms with van der Waals surface area (Å²) in [5.41, 5.74) is 5.88. The van der Waals surface area contributed by atoms with E-state index in [9.17, 15) is 22.4 Å². The molecule has 0 aliphatic carbocycles. The predicted octanol–water partition coefficient (Wildman–Crippen LogP) is 5.43. The first-order valence-electron chi connectivity index (χ1n) is 11.9. The van der Waals surface area contributed by atoms with Crippen LogP contribution in [0.15, 0.2) is 60.9 Å². The second-order valence-electron chi connectivity index (χ2n) is 9.47. The molecule has 1 unspecified atom stereocenters. The molecule has 5 aromatic rings. The van der Waals surface area contributed by atoms with Crippen molar-refractivity contribution in [2.45, 2.75) is 24.9 Å². The van der Waals surface area contributed by atoms with Gasteiger partial charge in [0.15, 0.2) is 17.2 Å². The number of aromatic nitrogens is 5. The molecular weight excluding hydrogens is 550 g/mol. The molecule has 4 heterocycles. The van der Waals surface area contributed by atoms with Crippen LogP contribution in [-0.2, 0) is 22.8 Å². The van der Waals surface area contributed by atoms with Gasteiger partial charge < -0.3 is 15.5 Å². The number of hydrogen-bond donors (Lipinski definition) is 2. The number of fused-ring (bicyclic) bond motifs is 2. The summed E-state index contributed by atoms with van der Waals surface area (Å²) >= 11 is 6.02. The first-order chi connectivity index (χ1) is 18.9. The number of nitrogens with one attached hydrogen (secondary N) is 1. The molecule has 3 aromatic heterocycles. The second kappa shape index (κ2) is 8.98. The number of alkyl halides is 3. The minimum Gasteiger partial charge on any atom is -0.383 e. The van der Waals surface area contributed by atoms with Crippen LogP contribution in [0.2, 0.25) is 5.02 Å². The number of nitrogen functional groups attached to an aromatic ring is 1. The molecule has 0 saturated carbocycles. The summed E-state index contributed by atoms with van der Waals surface area (Å²) in [5.74, 6) is -0.687. The number of carbonyl (C=O) groups excluding carboxylic acids is 1. The SMILES string of the molecule is CC1(c2ccc(Cl)cc2)C(=O)Nc2nc(-c3cn4cc(C(F)(F)F)nc4c(Cc4ccc(F)cc4)n3)nc(N)c21. The lowest BCUT2D eigenvalue weighted by Crippen LogP contribution is -2.32. The Labute approximate surface area is 228 Å². The van der Waals surface area contributed by atoms with Gasteiger partial charge in [-0.25, -0.2) is 24.3 Å². The van der Waals surface area contributed by atoms with Crippen molar-refractivity contribution in [3.05, 3.63) is 99.8 Å². The van der Waals surface area contributed by atoms with Crippen LogP contribution in [0.25, 0.3) is 17.2 Å². The minimum atomic E-state index is -4.69. The average Bonchev–Trinajstić information content (AvgIpc) is 3.45. The van der Waals surface area contributed by atoms with Crippen molar-refractivity contribution in [2.24, 2.45) is 0 Å². The summed E-state index contributed by atoms with van der Waals surface area (Å²) in [4.78, 5) is 30.3. The fourth-order valence-electron chi connectivity index (χ4n) is 4.80. The second-order valence-corrected chi connectivity index (χ2v) is 9.91. The van der Waals surface area contributed by atoms with Crippen LogP contribution in [0.1, 0.15) is 35.0 Å². The summed E-state index contributed by atoms with van der Waals surface area (Å²) < 4.78 is 55.1. The molecule has 1 atom stereocenters. The van der Waals surface area contributed by atoms with E-state index >= 15 is 0 Å². The van der Waals surface area contributed by atoms with Crippen molar-refractivity contribution in [1.29, 1.82) is 0 Å². The van der Waals surface area contributed by atoms with E-state index < -0.39 is 23.1 Å². The largest absolute Gasteiger partial charge is 0.434 e. The lowest BCUT2D eigenvalue weighted by atomic mass is 9.78. The van der Waals surface area contributed by atoms with E-state index in [2.05, 4.69) is 25.3 Å². The normalized spacial score (nSPS) is 16.8. The Hall–Kier alpha value is -4.58. The zero-order valence-corrected chi connectivity index (χ0v) is 21.3. The molecule has 2 aromatic carbocycles. The van der Waals surface area contributed by atoms with E-state index in [1.54, 1.807) is 31.2 Å². The lowest BCUT2D eigenvalue weighted by molar-refractivity contribution is -0.140. The molecule has 0 bridgehead atoms. The molecule has 0 saturated heterocycles. The summed E-state index contributed by atoms with van der Waals surface area (Å²) in [6, 6.07) is 12.2. The van der Waals surface area contributed by atoms with Crippen LogP contribution < -0.4 is 11.1 Å². The van der Waals surface area contributed by atoms with Gasteiger partial charge in [0.2, 0.25) is 5.91 Å². The van der Waals surface area contributed by atoms with Crippen molar-refractivity contribution >= 4 is 34.8 Å². The van der Waals surface area contributed by atoms with Gasteiger partial charge in [0.1, 0.15) is 28.6 Å². The Morgan fingerprint density at radius 1 is 1.00 bits per heavy atom. The van der Waals surface area contributed by atoms with Gasteiger partial charge in [0, 0.05) is 23.8 Å². The maximum absolute atomic E-state index is 13.5. The van der Waals surface area contributed by atoms with Crippen LogP contribution in [-0.4, -0.2) is 30.2 Å². The summed E-state index contributed by atoms with van der Waals surface area (Å²) in [6.45, 7) is 1.69. The number of rotatable bonds is 4. The van der Waals surface area contributed by atoms with Gasteiger partial charge in [-0.2, -0.15) is 13.2 Å². The first-order valence-corrected chi connectivity index (χ1v) is 12.3. The molecule has 0 spiro atoms. The molecule has 1 aliphatic rings. The lowest BCUT2D eigenvalue weighted by Gasteiger charge is -2.23. The summed E-state index contributed by atoms with van der Waals surface area (Å²) in [5, 5.41) is 3.24. The summed E-state index contributed by atoms with van der Waals surface area (Å²) in [6.07, 6.45) is -2.49. The molecule has 40 heavy (non-hydrogen) atoms. The average molecular weight is 568 g/mol. The minimum absolute atomic E-state index is 0.000562. The monoisotopic (exact) mass is 567 g/mol. The topological polar surface area (TPSA) is 111 Å². The summed E-state index contributed by atoms with van der Waals surface area (Å²) in [7, 11) is 0. The smallest absolute Gasteiger partial charge is 0.383 e. The third-order valence-electron chi connectivity index (χ3n) is 6.86. The van der Waals surface area contributed by atoms with Gasteiger partial charge in [-0.15, -0.1) is 0 Å². The van der Waals surface area contributed by atoms with E-state index in [4.69, 9.17) is 17.3 Å². The number of nitrogens with zero attached hydrogens (tertiary/aromatic N) is 5. The predicted molar refractivity (Wildman–Crippen MR) is 139 cm³/mol. The molecule has 3 N–H and O–H groups in total. The maximum Gasteiger partial charge on any atom is 0.434 e. The van der Waals surface area contributed by atoms with E-state index in [-0.39, 0.29) is 46.8 Å². The maximum atomic E-state index is 13.5. The highest BCUT2D eigenvalue weighted by atomic mass is 35.5. The van der Waals surface area contributed by atoms with Gasteiger partial charge in [-0.3, -0.25) is 4.79 Å². The van der Waals surface area contributed by atoms with E-state index in [1.165, 1.54) is 34.9 Å². The number of nitrogens with two attached hydrogens (primary N) is 1. The van der Waals surface area contributed by atoms with Crippen LogP contribution in [0, 0.1) is 5.82 Å². The molecule has 6 rings (SSSR count). The van der Waals surface area contributed by atoms with Gasteiger partial charge >= 0.3 is 6.18 Å². The van der Waals surface area contributed by atoms with E-state index in [0.717, 1.165) is 6.20 Å². The molecule has 1 aliphatic heterocycles. The van der Waals surface area contributed by atoms with Gasteiger partial charge in [0.25, 0.3) is 0 Å². The first kappa shape index (κ1) is 25.7. The van der Waals surface area contributed by atoms with Gasteiger partial charge in [-0.1, -0.05) is 35.9 Å². The van der Waals surface area contributed by atoms with Crippen molar-refractivity contribution in [1.82, 2.24) is 24.3 Å². The van der Waals surface area contributed by atoms with Crippen molar-refractivity contribution in [3.63, 3.8) is 0 Å². The molecule has 0 radical (unpaired) electrons. The fourth-order valence-corrected chi connectivity index (χ4v) is 4.93. The molecule has 1 amide bonds. The Morgan fingerprint density at radius 2 is 1.70 bits per heavy atom. The quantitative estimate of drug-likeness (QED) is 0.280. The highest BCUT2D eigenvalue weighted by Crippen LogP contribution is 2.45. The zero-order valence-electron chi connectivity index (χ0n) is 20.6. The molecular formula is C27H18ClF4N7O. The standard InChI is InChI=1S/C27H18ClF4N7O/c1-26(14-4-6-15(28)7-5-14)20-21(33)36-22(37-23(20)38-25(26)40)18-11-39-12-19(27(30,31)32)35-24(39)17(34-18)10-13-2-8-16(29)9-3-13/h2-9,11-12H,10H2,1H3,(H3,33,36,37,38,40). The number of anilines is 2. The molecule has 8 nitrogen and oxygen atoms in total. The van der Waals surface area contributed by atoms with Crippen molar-refractivity contribution in [3.8, 4) is 11.5 Å². The number of hydrogen-bond acceptors (Lipinski definition) is 6. The third kappa shape index (κ3) is 4.20. The van der Waals surface area contributed by atoms with Crippen molar-refractivity contribution in [2.75, 3.05) is 11.1 Å². The number of benzene rings is 2. The molecule has 13 heteroatoms. The number of amides is 1. The highest BCUT2D eigenvalue weighted by molar-refractivity contribution is 6.30. The van der Waals surface area contributed by atoms with E-state index in [1.807, 2.05) is 0 Å². The van der Waals surface area contributed by atoms with E-state index in [0.29, 0.717) is 21.7 Å².